The average Bonchev–Trinajstić information content (AvgIpc) is 4.03. The second-order valence-electron chi connectivity index (χ2n) is 14.6. The van der Waals surface area contributed by atoms with E-state index >= 15 is 0 Å². The molecule has 0 bridgehead atoms. The van der Waals surface area contributed by atoms with Gasteiger partial charge in [0.1, 0.15) is 23.1 Å². The smallest absolute Gasteiger partial charge is 0.213 e. The van der Waals surface area contributed by atoms with Crippen molar-refractivity contribution in [1.29, 1.82) is 0 Å². The van der Waals surface area contributed by atoms with Gasteiger partial charge in [0.2, 0.25) is 12.5 Å². The summed E-state index contributed by atoms with van der Waals surface area (Å²) >= 11 is 22.8. The van der Waals surface area contributed by atoms with Crippen molar-refractivity contribution in [2.45, 2.75) is 50.0 Å². The zero-order chi connectivity index (χ0) is 40.7. The van der Waals surface area contributed by atoms with Gasteiger partial charge in [-0.15, -0.1) is 22.7 Å². The molecule has 8 aromatic rings. The number of ether oxygens (including phenoxy) is 2. The molecule has 4 aliphatic rings. The molecule has 2 fully saturated rings. The van der Waals surface area contributed by atoms with E-state index in [0.717, 1.165) is 53.0 Å². The number of hydrogen-bond donors (Lipinski definition) is 0. The van der Waals surface area contributed by atoms with Crippen molar-refractivity contribution < 1.29 is 22.1 Å². The molecule has 4 aromatic carbocycles. The van der Waals surface area contributed by atoms with Gasteiger partial charge in [0.05, 0.1) is 53.3 Å². The van der Waals surface area contributed by atoms with Gasteiger partial charge in [0.15, 0.2) is 0 Å². The summed E-state index contributed by atoms with van der Waals surface area (Å²) in [6.45, 7) is 0. The van der Waals surface area contributed by atoms with E-state index in [9.17, 15) is 12.7 Å². The Balaban J connectivity index is 0.000000134. The number of nitrogens with zero attached hydrogens (tertiary/aromatic N) is 4. The third-order valence-electron chi connectivity index (χ3n) is 10.5. The van der Waals surface area contributed by atoms with Crippen molar-refractivity contribution in [3.8, 4) is 34.0 Å². The van der Waals surface area contributed by atoms with Crippen LogP contribution in [0.5, 0.6) is 11.5 Å². The molecular weight excluding hydrogens is 988 g/mol. The summed E-state index contributed by atoms with van der Waals surface area (Å²) in [4.78, 5) is 11.3. The van der Waals surface area contributed by atoms with Crippen molar-refractivity contribution in [3.05, 3.63) is 136 Å². The monoisotopic (exact) mass is 1010 g/mol. The first-order valence-corrected chi connectivity index (χ1v) is 23.7. The number of thiazole rings is 2. The molecule has 2 aliphatic carbocycles. The quantitative estimate of drug-likeness (QED) is 0.176. The fourth-order valence-corrected chi connectivity index (χ4v) is 11.1. The van der Waals surface area contributed by atoms with E-state index < -0.39 is 0 Å². The number of rotatable bonds is 4. The van der Waals surface area contributed by atoms with E-state index in [4.69, 9.17) is 32.7 Å². The highest BCUT2D eigenvalue weighted by molar-refractivity contribution is 9.10. The first-order valence-electron chi connectivity index (χ1n) is 18.6. The van der Waals surface area contributed by atoms with Gasteiger partial charge in [0.25, 0.3) is 0 Å². The Morgan fingerprint density at radius 1 is 0.661 bits per heavy atom. The maximum absolute atomic E-state index is 14.9. The molecule has 0 spiro atoms. The summed E-state index contributed by atoms with van der Waals surface area (Å²) < 4.78 is 58.1. The molecule has 12 rings (SSSR count). The summed E-state index contributed by atoms with van der Waals surface area (Å²) in [6.07, 6.45) is 9.21. The molecule has 2 atom stereocenters. The van der Waals surface area contributed by atoms with Gasteiger partial charge in [-0.25, -0.2) is 18.7 Å². The second-order valence-corrected chi connectivity index (χ2v) is 19.8. The lowest BCUT2D eigenvalue weighted by atomic mass is 10.1. The van der Waals surface area contributed by atoms with Crippen LogP contribution in [0.15, 0.2) is 94.1 Å². The Kier molecular flexibility index (Phi) is 10.6. The van der Waals surface area contributed by atoms with Crippen LogP contribution < -0.4 is 9.47 Å². The van der Waals surface area contributed by atoms with Gasteiger partial charge in [-0.3, -0.25) is 9.13 Å². The van der Waals surface area contributed by atoms with Crippen LogP contribution in [0.2, 0.25) is 10.0 Å². The highest BCUT2D eigenvalue weighted by Crippen LogP contribution is 2.51. The largest absolute Gasteiger partial charge is 0.464 e. The molecule has 0 radical (unpaired) electrons. The molecular formula is C43H29Br2Cl2F3N4O2S3. The fourth-order valence-electron chi connectivity index (χ4n) is 7.67. The van der Waals surface area contributed by atoms with Crippen molar-refractivity contribution in [2.24, 2.45) is 0 Å². The highest BCUT2D eigenvalue weighted by Gasteiger charge is 2.36. The van der Waals surface area contributed by atoms with Crippen LogP contribution >= 0.6 is 89.9 Å². The van der Waals surface area contributed by atoms with E-state index in [1.54, 1.807) is 22.7 Å². The Labute approximate surface area is 375 Å². The Bertz CT molecular complexity index is 2750. The zero-order valence-corrected chi connectivity index (χ0v) is 37.8. The van der Waals surface area contributed by atoms with Crippen molar-refractivity contribution in [2.75, 3.05) is 6.26 Å². The van der Waals surface area contributed by atoms with Gasteiger partial charge >= 0.3 is 0 Å². The lowest BCUT2D eigenvalue weighted by Gasteiger charge is -2.29. The van der Waals surface area contributed by atoms with Crippen molar-refractivity contribution >= 4 is 112 Å². The van der Waals surface area contributed by atoms with Crippen LogP contribution in [0.3, 0.4) is 0 Å². The molecule has 6 heterocycles. The van der Waals surface area contributed by atoms with Gasteiger partial charge in [0, 0.05) is 72.4 Å². The maximum Gasteiger partial charge on any atom is 0.213 e. The van der Waals surface area contributed by atoms with Crippen LogP contribution in [0.25, 0.3) is 44.3 Å². The maximum atomic E-state index is 14.9. The first kappa shape index (κ1) is 39.6. The highest BCUT2D eigenvalue weighted by atomic mass is 79.9. The third kappa shape index (κ3) is 7.40. The van der Waals surface area contributed by atoms with E-state index in [-0.39, 0.29) is 36.2 Å². The first-order chi connectivity index (χ1) is 28.6. The number of fused-ring (bicyclic) bond motifs is 10. The molecule has 2 saturated carbocycles. The number of hydrogen-bond acceptors (Lipinski definition) is 7. The number of benzene rings is 4. The molecule has 4 aromatic heterocycles. The summed E-state index contributed by atoms with van der Waals surface area (Å²) in [6, 6.07) is 22.0. The zero-order valence-electron chi connectivity index (χ0n) is 30.7. The minimum Gasteiger partial charge on any atom is -0.464 e. The van der Waals surface area contributed by atoms with Gasteiger partial charge in [-0.1, -0.05) is 55.1 Å². The molecule has 300 valence electrons. The minimum absolute atomic E-state index is 0.250. The lowest BCUT2D eigenvalue weighted by Crippen LogP contribution is -2.22. The van der Waals surface area contributed by atoms with Gasteiger partial charge < -0.3 is 9.47 Å². The van der Waals surface area contributed by atoms with Gasteiger partial charge in [-0.05, 0) is 98.5 Å². The summed E-state index contributed by atoms with van der Waals surface area (Å²) in [7, 11) is 0. The van der Waals surface area contributed by atoms with E-state index in [0.29, 0.717) is 53.5 Å². The van der Waals surface area contributed by atoms with Crippen LogP contribution in [-0.2, 0) is 0 Å². The van der Waals surface area contributed by atoms with Crippen molar-refractivity contribution in [1.82, 2.24) is 19.1 Å². The van der Waals surface area contributed by atoms with Crippen LogP contribution in [0.4, 0.5) is 12.7 Å². The Morgan fingerprint density at radius 2 is 1.07 bits per heavy atom. The van der Waals surface area contributed by atoms with E-state index in [2.05, 4.69) is 51.0 Å². The van der Waals surface area contributed by atoms with Gasteiger partial charge in [-0.2, -0.15) is 3.89 Å². The predicted octanol–water partition coefficient (Wildman–Crippen LogP) is 15.5. The average molecular weight is 1020 g/mol. The van der Waals surface area contributed by atoms with Crippen LogP contribution in [-0.4, -0.2) is 25.4 Å². The molecule has 2 aliphatic heterocycles. The van der Waals surface area contributed by atoms with Crippen LogP contribution in [0.1, 0.15) is 69.7 Å². The van der Waals surface area contributed by atoms with Crippen LogP contribution in [0, 0.1) is 11.6 Å². The molecule has 16 heteroatoms. The molecule has 6 nitrogen and oxygen atoms in total. The predicted molar refractivity (Wildman–Crippen MR) is 240 cm³/mol. The molecule has 1 unspecified atom stereocenters. The van der Waals surface area contributed by atoms with E-state index in [1.165, 1.54) is 44.1 Å². The molecule has 0 N–H and O–H groups in total. The van der Waals surface area contributed by atoms with Crippen molar-refractivity contribution in [3.63, 3.8) is 0 Å². The second kappa shape index (κ2) is 15.8. The normalized spacial score (nSPS) is 17.4. The SMILES string of the molecule is CSF.Fc1cc(Br)cc2c1-c1cc3cc(Cl)ccc3n1C(c1cnc(C3CC3)s1)O2.Fc1cc(Br)cc2c1-c1cc3cc(Cl)ccc3n1[C@H](c1cnc(C3CC3)s1)O2. The summed E-state index contributed by atoms with van der Waals surface area (Å²) in [5.41, 5.74) is 4.43. The lowest BCUT2D eigenvalue weighted by molar-refractivity contribution is 0.175. The molecule has 0 amide bonds. The summed E-state index contributed by atoms with van der Waals surface area (Å²) in [5.74, 6) is 1.59. The minimum atomic E-state index is -0.389. The van der Waals surface area contributed by atoms with E-state index in [1.807, 2.05) is 73.1 Å². The molecule has 59 heavy (non-hydrogen) atoms. The molecule has 0 saturated heterocycles. The summed E-state index contributed by atoms with van der Waals surface area (Å²) in [5, 5.41) is 5.53. The number of aromatic nitrogens is 4. The topological polar surface area (TPSA) is 54.1 Å². The third-order valence-corrected chi connectivity index (χ3v) is 14.3. The number of halogens is 7. The standard InChI is InChI=1S/2C21H13BrClFN2OS.CH3FS/c2*22-12-7-14(24)19-16-6-11-5-13(23)3-4-15(11)26(16)21(27-17(19)8-12)18-9-25-20(28-18)10-1-2-10;1-3-2/h2*3-10,21H,1-2H2;1H3/t21-;;/m0../s1. The Hall–Kier alpha value is -3.50. The fraction of sp³-hybridized carbons (Fsp3) is 0.209. The Morgan fingerprint density at radius 3 is 1.46 bits per heavy atom.